The highest BCUT2D eigenvalue weighted by molar-refractivity contribution is 6.05. The number of imide groups is 1. The van der Waals surface area contributed by atoms with E-state index >= 15 is 0 Å². The van der Waals surface area contributed by atoms with Crippen molar-refractivity contribution in [1.82, 2.24) is 40.2 Å². The Balaban J connectivity index is 0.714. The monoisotopic (exact) mass is 670 g/mol. The average Bonchev–Trinajstić information content (AvgIpc) is 3.57. The number of nitrogens with zero attached hydrogens (tertiary/aromatic N) is 6. The third-order valence-electron chi connectivity index (χ3n) is 12.9. The van der Waals surface area contributed by atoms with Gasteiger partial charge >= 0.3 is 0 Å². The highest BCUT2D eigenvalue weighted by Gasteiger charge is 2.97. The number of hydrogen-bond acceptors (Lipinski definition) is 8. The van der Waals surface area contributed by atoms with Gasteiger partial charge < -0.3 is 10.2 Å². The highest BCUT2D eigenvalue weighted by atomic mass is 16.2. The molecule has 6 aliphatic rings. The molecule has 4 aromatic rings. The lowest BCUT2D eigenvalue weighted by Gasteiger charge is -2.45. The average molecular weight is 671 g/mol. The number of carbonyl (C=O) groups is 4. The van der Waals surface area contributed by atoms with E-state index in [4.69, 9.17) is 10.1 Å². The molecule has 2 saturated heterocycles. The number of para-hydroxylation sites is 2. The molecule has 3 aliphatic heterocycles. The summed E-state index contributed by atoms with van der Waals surface area (Å²) in [5.74, 6) is -0.805. The lowest BCUT2D eigenvalue weighted by Crippen LogP contribution is -2.52. The standard InChI is InChI=1S/C38H38N8O4/c47-32-8-7-31(34(49)43-32)45-18-24-13-23(5-6-27(24)35(45)50)15-40-33(48)14-36-20-37(36)22-38(37,21-36)44-11-9-26(10-12-44)46-19-25(16-41-46)30-17-39-28-3-1-2-4-29(28)42-30/h1-6,13,16-17,19,26,31H,7-12,14-15,18,20-22H2,(H,40,48)(H,43,47,49). The SMILES string of the molecule is O=C(CC12CC3(N4CCC(n5cc(-c6cnc7ccccc7n6)cn5)CC4)CC13C2)NCc1ccc2c(c1)CN(C1CCC(=O)NC1=O)C2=O. The van der Waals surface area contributed by atoms with Crippen LogP contribution in [0.3, 0.4) is 0 Å². The molecule has 254 valence electrons. The van der Waals surface area contributed by atoms with Gasteiger partial charge in [0.05, 0.1) is 35.2 Å². The summed E-state index contributed by atoms with van der Waals surface area (Å²) < 4.78 is 2.11. The van der Waals surface area contributed by atoms with Crippen LogP contribution in [0.25, 0.3) is 22.3 Å². The zero-order chi connectivity index (χ0) is 33.8. The molecule has 4 atom stereocenters. The van der Waals surface area contributed by atoms with Gasteiger partial charge in [-0.05, 0) is 78.7 Å². The van der Waals surface area contributed by atoms with Gasteiger partial charge in [0.1, 0.15) is 6.04 Å². The van der Waals surface area contributed by atoms with Gasteiger partial charge in [0.2, 0.25) is 17.7 Å². The van der Waals surface area contributed by atoms with Gasteiger partial charge in [-0.1, -0.05) is 24.3 Å². The molecule has 50 heavy (non-hydrogen) atoms. The Hall–Kier alpha value is -4.97. The Morgan fingerprint density at radius 1 is 0.980 bits per heavy atom. The molecule has 12 heteroatoms. The fourth-order valence-corrected chi connectivity index (χ4v) is 10.3. The molecular weight excluding hydrogens is 632 g/mol. The van der Waals surface area contributed by atoms with E-state index in [0.29, 0.717) is 43.0 Å². The van der Waals surface area contributed by atoms with E-state index in [1.54, 1.807) is 11.0 Å². The van der Waals surface area contributed by atoms with E-state index < -0.39 is 11.9 Å². The number of aromatic nitrogens is 4. The van der Waals surface area contributed by atoms with Crippen LogP contribution in [-0.4, -0.2) is 77.8 Å². The second kappa shape index (κ2) is 10.5. The second-order valence-corrected chi connectivity index (χ2v) is 15.4. The highest BCUT2D eigenvalue weighted by Crippen LogP contribution is 2.98. The Bertz CT molecular complexity index is 2140. The first-order chi connectivity index (χ1) is 24.3. The first-order valence-electron chi connectivity index (χ1n) is 17.8. The molecule has 5 heterocycles. The molecule has 4 amide bonds. The van der Waals surface area contributed by atoms with Crippen LogP contribution < -0.4 is 10.6 Å². The Kier molecular flexibility index (Phi) is 6.29. The maximum absolute atomic E-state index is 13.2. The van der Waals surface area contributed by atoms with Crippen LogP contribution in [0.2, 0.25) is 0 Å². The number of rotatable bonds is 8. The molecule has 0 bridgehead atoms. The number of carbonyl (C=O) groups excluding carboxylic acids is 4. The predicted octanol–water partition coefficient (Wildman–Crippen LogP) is 3.52. The third-order valence-corrected chi connectivity index (χ3v) is 12.9. The van der Waals surface area contributed by atoms with E-state index in [-0.39, 0.29) is 35.1 Å². The maximum atomic E-state index is 13.2. The van der Waals surface area contributed by atoms with Gasteiger partial charge in [0, 0.05) is 61.9 Å². The predicted molar refractivity (Wildman–Crippen MR) is 181 cm³/mol. The van der Waals surface area contributed by atoms with Crippen LogP contribution >= 0.6 is 0 Å². The van der Waals surface area contributed by atoms with Crippen molar-refractivity contribution >= 4 is 34.7 Å². The number of piperidine rings is 2. The van der Waals surface area contributed by atoms with Crippen LogP contribution in [0.5, 0.6) is 0 Å². The second-order valence-electron chi connectivity index (χ2n) is 15.4. The van der Waals surface area contributed by atoms with Crippen molar-refractivity contribution in [3.8, 4) is 11.3 Å². The van der Waals surface area contributed by atoms with Crippen LogP contribution in [0.4, 0.5) is 0 Å². The molecule has 3 aliphatic carbocycles. The number of fused-ring (bicyclic) bond motifs is 2. The maximum Gasteiger partial charge on any atom is 0.255 e. The minimum Gasteiger partial charge on any atom is -0.352 e. The number of likely N-dealkylation sites (tertiary alicyclic amines) is 1. The Morgan fingerprint density at radius 3 is 2.64 bits per heavy atom. The van der Waals surface area contributed by atoms with Crippen molar-refractivity contribution in [3.05, 3.63) is 77.7 Å². The summed E-state index contributed by atoms with van der Waals surface area (Å²) >= 11 is 0. The fraction of sp³-hybridized carbons (Fsp3) is 0.447. The molecule has 2 aromatic heterocycles. The van der Waals surface area contributed by atoms with Crippen LogP contribution in [0.15, 0.2) is 61.1 Å². The summed E-state index contributed by atoms with van der Waals surface area (Å²) in [5.41, 5.74) is 6.74. The van der Waals surface area contributed by atoms with E-state index in [1.807, 2.05) is 48.8 Å². The lowest BCUT2D eigenvalue weighted by molar-refractivity contribution is -0.137. The van der Waals surface area contributed by atoms with E-state index in [0.717, 1.165) is 72.2 Å². The molecular formula is C38H38N8O4. The Morgan fingerprint density at radius 2 is 1.82 bits per heavy atom. The van der Waals surface area contributed by atoms with Crippen LogP contribution in [-0.2, 0) is 27.5 Å². The lowest BCUT2D eigenvalue weighted by atomic mass is 9.76. The van der Waals surface area contributed by atoms with Gasteiger partial charge in [-0.2, -0.15) is 5.10 Å². The van der Waals surface area contributed by atoms with Crippen molar-refractivity contribution in [2.45, 2.75) is 82.1 Å². The van der Waals surface area contributed by atoms with Gasteiger partial charge in [-0.15, -0.1) is 0 Å². The topological polar surface area (TPSA) is 142 Å². The summed E-state index contributed by atoms with van der Waals surface area (Å²) in [6, 6.07) is 13.3. The summed E-state index contributed by atoms with van der Waals surface area (Å²) in [6.07, 6.45) is 12.6. The smallest absolute Gasteiger partial charge is 0.255 e. The van der Waals surface area contributed by atoms with Gasteiger partial charge in [0.25, 0.3) is 5.91 Å². The summed E-state index contributed by atoms with van der Waals surface area (Å²) in [4.78, 5) is 63.8. The van der Waals surface area contributed by atoms with E-state index in [2.05, 4.69) is 31.4 Å². The number of nitrogens with one attached hydrogen (secondary N) is 2. The minimum atomic E-state index is -0.633. The number of benzene rings is 2. The molecule has 2 aromatic carbocycles. The molecule has 2 N–H and O–H groups in total. The van der Waals surface area contributed by atoms with Crippen LogP contribution in [0, 0.1) is 10.8 Å². The number of amides is 4. The van der Waals surface area contributed by atoms with Crippen molar-refractivity contribution in [2.75, 3.05) is 13.1 Å². The quantitative estimate of drug-likeness (QED) is 0.271. The summed E-state index contributed by atoms with van der Waals surface area (Å²) in [6.45, 7) is 2.85. The first kappa shape index (κ1) is 29.9. The zero-order valence-electron chi connectivity index (χ0n) is 27.7. The van der Waals surface area contributed by atoms with Gasteiger partial charge in [0.15, 0.2) is 0 Å². The first-order valence-corrected chi connectivity index (χ1v) is 17.8. The molecule has 4 unspecified atom stereocenters. The largest absolute Gasteiger partial charge is 0.352 e. The number of hydrogen-bond donors (Lipinski definition) is 2. The molecule has 0 radical (unpaired) electrons. The fourth-order valence-electron chi connectivity index (χ4n) is 10.3. The molecule has 12 nitrogen and oxygen atoms in total. The van der Waals surface area contributed by atoms with Crippen molar-refractivity contribution in [1.29, 1.82) is 0 Å². The van der Waals surface area contributed by atoms with Crippen molar-refractivity contribution < 1.29 is 19.2 Å². The van der Waals surface area contributed by atoms with Gasteiger partial charge in [-0.3, -0.25) is 39.1 Å². The van der Waals surface area contributed by atoms with Gasteiger partial charge in [-0.25, -0.2) is 4.98 Å². The van der Waals surface area contributed by atoms with Crippen LogP contribution in [0.1, 0.15) is 78.9 Å². The summed E-state index contributed by atoms with van der Waals surface area (Å²) in [5, 5.41) is 10.2. The normalized spacial score (nSPS) is 30.0. The van der Waals surface area contributed by atoms with Crippen molar-refractivity contribution in [3.63, 3.8) is 0 Å². The van der Waals surface area contributed by atoms with Crippen molar-refractivity contribution in [2.24, 2.45) is 10.8 Å². The molecule has 3 saturated carbocycles. The Labute approximate surface area is 288 Å². The molecule has 10 rings (SSSR count). The summed E-state index contributed by atoms with van der Waals surface area (Å²) in [7, 11) is 0. The molecule has 1 spiro atoms. The zero-order valence-corrected chi connectivity index (χ0v) is 27.7. The third kappa shape index (κ3) is 4.36. The minimum absolute atomic E-state index is 0.0911. The van der Waals surface area contributed by atoms with E-state index in [1.165, 1.54) is 6.42 Å². The van der Waals surface area contributed by atoms with E-state index in [9.17, 15) is 19.2 Å². The molecule has 5 fully saturated rings.